The molecule has 0 unspecified atom stereocenters. The third-order valence-corrected chi connectivity index (χ3v) is 4.34. The van der Waals surface area contributed by atoms with Crippen molar-refractivity contribution in [3.8, 4) is 0 Å². The summed E-state index contributed by atoms with van der Waals surface area (Å²) in [5.41, 5.74) is 0. The molecule has 1 aliphatic heterocycles. The van der Waals surface area contributed by atoms with Crippen molar-refractivity contribution in [2.45, 2.75) is 6.92 Å². The van der Waals surface area contributed by atoms with E-state index in [4.69, 9.17) is 0 Å². The zero-order valence-corrected chi connectivity index (χ0v) is 12.0. The normalized spacial score (nSPS) is 17.5. The highest BCUT2D eigenvalue weighted by Gasteiger charge is 2.24. The fraction of sp³-hybridized carbons (Fsp3) is 0.636. The summed E-state index contributed by atoms with van der Waals surface area (Å²) in [6.07, 6.45) is 1.24. The Bertz CT molecular complexity index is 508. The van der Waals surface area contributed by atoms with Crippen LogP contribution in [0.15, 0.2) is 12.1 Å². The number of sulfonamides is 1. The van der Waals surface area contributed by atoms with Crippen molar-refractivity contribution in [1.29, 1.82) is 0 Å². The monoisotopic (exact) mass is 285 g/mol. The first-order valence-electron chi connectivity index (χ1n) is 6.28. The van der Waals surface area contributed by atoms with Gasteiger partial charge >= 0.3 is 0 Å². The van der Waals surface area contributed by atoms with E-state index in [0.29, 0.717) is 26.2 Å². The molecule has 1 fully saturated rings. The van der Waals surface area contributed by atoms with Crippen LogP contribution in [0, 0.1) is 0 Å². The van der Waals surface area contributed by atoms with Crippen LogP contribution < -0.4 is 10.2 Å². The Morgan fingerprint density at radius 3 is 2.37 bits per heavy atom. The lowest BCUT2D eigenvalue weighted by Crippen LogP contribution is -2.48. The SMILES string of the molecule is CCNc1ccc(N2CCN(S(C)(=O)=O)CC2)nn1. The van der Waals surface area contributed by atoms with Crippen molar-refractivity contribution in [3.63, 3.8) is 0 Å². The molecule has 0 aromatic carbocycles. The number of piperazine rings is 1. The minimum Gasteiger partial charge on any atom is -0.369 e. The molecule has 2 heterocycles. The van der Waals surface area contributed by atoms with Gasteiger partial charge in [-0.2, -0.15) is 4.31 Å². The Balaban J connectivity index is 1.97. The Morgan fingerprint density at radius 1 is 1.21 bits per heavy atom. The molecule has 0 saturated carbocycles. The number of nitrogens with zero attached hydrogens (tertiary/aromatic N) is 4. The molecule has 19 heavy (non-hydrogen) atoms. The van der Waals surface area contributed by atoms with E-state index in [1.165, 1.54) is 10.6 Å². The van der Waals surface area contributed by atoms with Gasteiger partial charge < -0.3 is 10.2 Å². The maximum absolute atomic E-state index is 11.4. The first kappa shape index (κ1) is 14.0. The Hall–Kier alpha value is -1.41. The summed E-state index contributed by atoms with van der Waals surface area (Å²) in [5, 5.41) is 11.3. The van der Waals surface area contributed by atoms with Gasteiger partial charge in [0.05, 0.1) is 6.26 Å². The molecule has 106 valence electrons. The van der Waals surface area contributed by atoms with E-state index in [9.17, 15) is 8.42 Å². The zero-order chi connectivity index (χ0) is 13.9. The molecule has 2 rings (SSSR count). The van der Waals surface area contributed by atoms with Gasteiger partial charge in [-0.1, -0.05) is 0 Å². The van der Waals surface area contributed by atoms with E-state index in [-0.39, 0.29) is 0 Å². The molecule has 0 amide bonds. The number of nitrogens with one attached hydrogen (secondary N) is 1. The number of hydrogen-bond donors (Lipinski definition) is 1. The largest absolute Gasteiger partial charge is 0.369 e. The Morgan fingerprint density at radius 2 is 1.89 bits per heavy atom. The van der Waals surface area contributed by atoms with Gasteiger partial charge in [-0.05, 0) is 19.1 Å². The quantitative estimate of drug-likeness (QED) is 0.838. The molecule has 1 N–H and O–H groups in total. The van der Waals surface area contributed by atoms with Gasteiger partial charge in [0.15, 0.2) is 5.82 Å². The zero-order valence-electron chi connectivity index (χ0n) is 11.2. The summed E-state index contributed by atoms with van der Waals surface area (Å²) in [4.78, 5) is 2.05. The summed E-state index contributed by atoms with van der Waals surface area (Å²) < 4.78 is 24.3. The molecule has 1 aromatic heterocycles. The van der Waals surface area contributed by atoms with Gasteiger partial charge in [0.25, 0.3) is 0 Å². The van der Waals surface area contributed by atoms with Crippen molar-refractivity contribution in [2.75, 3.05) is 49.2 Å². The molecular weight excluding hydrogens is 266 g/mol. The van der Waals surface area contributed by atoms with Gasteiger partial charge in [0, 0.05) is 32.7 Å². The summed E-state index contributed by atoms with van der Waals surface area (Å²) >= 11 is 0. The van der Waals surface area contributed by atoms with Gasteiger partial charge in [0.1, 0.15) is 5.82 Å². The fourth-order valence-corrected chi connectivity index (χ4v) is 2.84. The van der Waals surface area contributed by atoms with E-state index >= 15 is 0 Å². The highest BCUT2D eigenvalue weighted by molar-refractivity contribution is 7.88. The lowest BCUT2D eigenvalue weighted by atomic mass is 10.3. The van der Waals surface area contributed by atoms with Crippen LogP contribution in [0.3, 0.4) is 0 Å². The smallest absolute Gasteiger partial charge is 0.211 e. The van der Waals surface area contributed by atoms with Crippen molar-refractivity contribution in [2.24, 2.45) is 0 Å². The van der Waals surface area contributed by atoms with Gasteiger partial charge in [0.2, 0.25) is 10.0 Å². The Kier molecular flexibility index (Phi) is 4.20. The second-order valence-corrected chi connectivity index (χ2v) is 6.44. The molecule has 7 nitrogen and oxygen atoms in total. The van der Waals surface area contributed by atoms with E-state index < -0.39 is 10.0 Å². The Labute approximate surface area is 113 Å². The molecule has 1 aliphatic rings. The van der Waals surface area contributed by atoms with Gasteiger partial charge in [-0.25, -0.2) is 8.42 Å². The van der Waals surface area contributed by atoms with E-state index in [1.54, 1.807) is 0 Å². The average Bonchev–Trinajstić information content (AvgIpc) is 2.39. The van der Waals surface area contributed by atoms with Crippen LogP contribution in [0.25, 0.3) is 0 Å². The van der Waals surface area contributed by atoms with E-state index in [0.717, 1.165) is 18.2 Å². The van der Waals surface area contributed by atoms with Gasteiger partial charge in [-0.3, -0.25) is 0 Å². The standard InChI is InChI=1S/C11H19N5O2S/c1-3-12-10-4-5-11(14-13-10)15-6-8-16(9-7-15)19(2,17)18/h4-5H,3,6-9H2,1-2H3,(H,12,13). The maximum Gasteiger partial charge on any atom is 0.211 e. The first-order valence-corrected chi connectivity index (χ1v) is 8.13. The minimum atomic E-state index is -3.08. The fourth-order valence-electron chi connectivity index (χ4n) is 2.02. The second kappa shape index (κ2) is 5.70. The molecule has 8 heteroatoms. The predicted octanol–water partition coefficient (Wildman–Crippen LogP) is -0.01000. The number of aromatic nitrogens is 2. The van der Waals surface area contributed by atoms with Gasteiger partial charge in [-0.15, -0.1) is 10.2 Å². The summed E-state index contributed by atoms with van der Waals surface area (Å²) in [6.45, 7) is 5.08. The molecule has 0 radical (unpaired) electrons. The number of rotatable bonds is 4. The van der Waals surface area contributed by atoms with Crippen LogP contribution in [0.2, 0.25) is 0 Å². The highest BCUT2D eigenvalue weighted by Crippen LogP contribution is 2.15. The van der Waals surface area contributed by atoms with Crippen molar-refractivity contribution in [3.05, 3.63) is 12.1 Å². The highest BCUT2D eigenvalue weighted by atomic mass is 32.2. The lowest BCUT2D eigenvalue weighted by Gasteiger charge is -2.33. The molecule has 1 saturated heterocycles. The third-order valence-electron chi connectivity index (χ3n) is 3.04. The second-order valence-electron chi connectivity index (χ2n) is 4.46. The number of hydrogen-bond acceptors (Lipinski definition) is 6. The van der Waals surface area contributed by atoms with Crippen molar-refractivity contribution >= 4 is 21.7 Å². The van der Waals surface area contributed by atoms with Crippen LogP contribution in [0.5, 0.6) is 0 Å². The predicted molar refractivity (Wildman–Crippen MR) is 74.8 cm³/mol. The third kappa shape index (κ3) is 3.54. The summed E-state index contributed by atoms with van der Waals surface area (Å²) in [6, 6.07) is 3.79. The van der Waals surface area contributed by atoms with Crippen LogP contribution in [0.1, 0.15) is 6.92 Å². The lowest BCUT2D eigenvalue weighted by molar-refractivity contribution is 0.386. The van der Waals surface area contributed by atoms with E-state index in [2.05, 4.69) is 15.5 Å². The van der Waals surface area contributed by atoms with E-state index in [1.807, 2.05) is 24.0 Å². The molecule has 0 bridgehead atoms. The van der Waals surface area contributed by atoms with Crippen LogP contribution in [-0.4, -0.2) is 61.9 Å². The topological polar surface area (TPSA) is 78.4 Å². The van der Waals surface area contributed by atoms with Crippen molar-refractivity contribution < 1.29 is 8.42 Å². The van der Waals surface area contributed by atoms with Crippen LogP contribution in [-0.2, 0) is 10.0 Å². The molecule has 0 aliphatic carbocycles. The number of anilines is 2. The van der Waals surface area contributed by atoms with Crippen LogP contribution in [0.4, 0.5) is 11.6 Å². The molecule has 0 spiro atoms. The summed E-state index contributed by atoms with van der Waals surface area (Å²) in [7, 11) is -3.08. The maximum atomic E-state index is 11.4. The molecule has 0 atom stereocenters. The van der Waals surface area contributed by atoms with Crippen molar-refractivity contribution in [1.82, 2.24) is 14.5 Å². The first-order chi connectivity index (χ1) is 9.00. The van der Waals surface area contributed by atoms with Crippen LogP contribution >= 0.6 is 0 Å². The average molecular weight is 285 g/mol. The molecule has 1 aromatic rings. The molecular formula is C11H19N5O2S. The minimum absolute atomic E-state index is 0.496. The summed E-state index contributed by atoms with van der Waals surface area (Å²) in [5.74, 6) is 1.54.